The summed E-state index contributed by atoms with van der Waals surface area (Å²) in [7, 11) is 1.82. The molecule has 2 rings (SSSR count). The predicted molar refractivity (Wildman–Crippen MR) is 60.0 cm³/mol. The van der Waals surface area contributed by atoms with Crippen molar-refractivity contribution in [3.63, 3.8) is 0 Å². The maximum atomic E-state index is 10.7. The number of nitro benzene ring substituents is 1. The van der Waals surface area contributed by atoms with E-state index in [-0.39, 0.29) is 10.6 Å². The van der Waals surface area contributed by atoms with Crippen LogP contribution in [0.25, 0.3) is 11.1 Å². The van der Waals surface area contributed by atoms with Crippen molar-refractivity contribution in [1.82, 2.24) is 9.78 Å². The van der Waals surface area contributed by atoms with Crippen molar-refractivity contribution in [2.24, 2.45) is 7.05 Å². The van der Waals surface area contributed by atoms with E-state index in [1.165, 1.54) is 6.07 Å². The molecule has 0 amide bonds. The number of benzene rings is 1. The summed E-state index contributed by atoms with van der Waals surface area (Å²) in [6, 6.07) is 4.84. The van der Waals surface area contributed by atoms with Crippen LogP contribution in [0.1, 0.15) is 5.56 Å². The maximum absolute atomic E-state index is 10.7. The van der Waals surface area contributed by atoms with Gasteiger partial charge < -0.3 is 0 Å². The average molecular weight is 217 g/mol. The minimum Gasteiger partial charge on any atom is -0.275 e. The van der Waals surface area contributed by atoms with Crippen LogP contribution in [0.2, 0.25) is 0 Å². The van der Waals surface area contributed by atoms with Gasteiger partial charge in [-0.1, -0.05) is 6.07 Å². The van der Waals surface area contributed by atoms with Gasteiger partial charge in [0.15, 0.2) is 0 Å². The molecule has 5 heteroatoms. The third kappa shape index (κ3) is 1.79. The highest BCUT2D eigenvalue weighted by atomic mass is 16.6. The molecule has 0 unspecified atom stereocenters. The molecule has 0 aliphatic carbocycles. The molecule has 0 radical (unpaired) electrons. The molecule has 2 aromatic rings. The number of nitro groups is 1. The zero-order valence-electron chi connectivity index (χ0n) is 9.04. The molecule has 0 aliphatic heterocycles. The second-order valence-electron chi connectivity index (χ2n) is 3.66. The van der Waals surface area contributed by atoms with E-state index >= 15 is 0 Å². The van der Waals surface area contributed by atoms with Crippen LogP contribution >= 0.6 is 0 Å². The molecule has 1 aromatic heterocycles. The van der Waals surface area contributed by atoms with Gasteiger partial charge in [-0.05, 0) is 18.1 Å². The lowest BCUT2D eigenvalue weighted by atomic mass is 10.0. The van der Waals surface area contributed by atoms with Crippen LogP contribution in [0.5, 0.6) is 0 Å². The van der Waals surface area contributed by atoms with Gasteiger partial charge in [0.1, 0.15) is 0 Å². The van der Waals surface area contributed by atoms with E-state index in [9.17, 15) is 10.1 Å². The highest BCUT2D eigenvalue weighted by molar-refractivity contribution is 5.68. The van der Waals surface area contributed by atoms with Crippen molar-refractivity contribution in [3.05, 3.63) is 46.3 Å². The van der Waals surface area contributed by atoms with Crippen molar-refractivity contribution in [3.8, 4) is 11.1 Å². The zero-order valence-corrected chi connectivity index (χ0v) is 9.04. The molecule has 1 aromatic carbocycles. The molecule has 0 saturated carbocycles. The van der Waals surface area contributed by atoms with E-state index in [0.29, 0.717) is 0 Å². The Morgan fingerprint density at radius 2 is 2.19 bits per heavy atom. The van der Waals surface area contributed by atoms with E-state index in [0.717, 1.165) is 16.7 Å². The fourth-order valence-electron chi connectivity index (χ4n) is 1.59. The average Bonchev–Trinajstić information content (AvgIpc) is 2.65. The van der Waals surface area contributed by atoms with Crippen molar-refractivity contribution >= 4 is 5.69 Å². The Morgan fingerprint density at radius 1 is 1.44 bits per heavy atom. The Hall–Kier alpha value is -2.17. The Morgan fingerprint density at radius 3 is 2.75 bits per heavy atom. The van der Waals surface area contributed by atoms with Crippen LogP contribution in [0.3, 0.4) is 0 Å². The van der Waals surface area contributed by atoms with Crippen molar-refractivity contribution in [1.29, 1.82) is 0 Å². The monoisotopic (exact) mass is 217 g/mol. The van der Waals surface area contributed by atoms with Gasteiger partial charge in [-0.2, -0.15) is 5.10 Å². The smallest absolute Gasteiger partial charge is 0.270 e. The number of aryl methyl sites for hydroxylation is 2. The topological polar surface area (TPSA) is 61.0 Å². The molecule has 1 heterocycles. The van der Waals surface area contributed by atoms with E-state index in [2.05, 4.69) is 5.10 Å². The number of aromatic nitrogens is 2. The van der Waals surface area contributed by atoms with Gasteiger partial charge in [0.25, 0.3) is 5.69 Å². The molecule has 0 N–H and O–H groups in total. The summed E-state index contributed by atoms with van der Waals surface area (Å²) in [6.07, 6.45) is 3.54. The molecule has 0 bridgehead atoms. The van der Waals surface area contributed by atoms with Gasteiger partial charge >= 0.3 is 0 Å². The molecule has 0 saturated heterocycles. The van der Waals surface area contributed by atoms with Crippen LogP contribution in [-0.2, 0) is 7.05 Å². The predicted octanol–water partition coefficient (Wildman–Crippen LogP) is 2.30. The lowest BCUT2D eigenvalue weighted by Crippen LogP contribution is -1.90. The first kappa shape index (κ1) is 10.4. The van der Waals surface area contributed by atoms with Gasteiger partial charge in [0.05, 0.1) is 11.1 Å². The quantitative estimate of drug-likeness (QED) is 0.572. The fourth-order valence-corrected chi connectivity index (χ4v) is 1.59. The first-order valence-corrected chi connectivity index (χ1v) is 4.82. The van der Waals surface area contributed by atoms with Crippen LogP contribution in [0, 0.1) is 17.0 Å². The van der Waals surface area contributed by atoms with E-state index < -0.39 is 0 Å². The Bertz CT molecular complexity index is 546. The SMILES string of the molecule is Cc1ccc([N+](=O)[O-])cc1-c1cnn(C)c1. The van der Waals surface area contributed by atoms with Crippen molar-refractivity contribution in [2.45, 2.75) is 6.92 Å². The third-order valence-electron chi connectivity index (χ3n) is 2.45. The summed E-state index contributed by atoms with van der Waals surface area (Å²) in [5.41, 5.74) is 2.84. The molecular weight excluding hydrogens is 206 g/mol. The number of rotatable bonds is 2. The molecule has 0 fully saturated rings. The first-order valence-electron chi connectivity index (χ1n) is 4.82. The number of non-ortho nitro benzene ring substituents is 1. The molecular formula is C11H11N3O2. The molecule has 16 heavy (non-hydrogen) atoms. The molecule has 0 atom stereocenters. The minimum absolute atomic E-state index is 0.101. The first-order chi connectivity index (χ1) is 7.58. The highest BCUT2D eigenvalue weighted by Gasteiger charge is 2.10. The molecule has 0 aliphatic rings. The Labute approximate surface area is 92.5 Å². The largest absolute Gasteiger partial charge is 0.275 e. The molecule has 82 valence electrons. The summed E-state index contributed by atoms with van der Waals surface area (Å²) >= 11 is 0. The van der Waals surface area contributed by atoms with Crippen molar-refractivity contribution in [2.75, 3.05) is 0 Å². The molecule has 0 spiro atoms. The van der Waals surface area contributed by atoms with Gasteiger partial charge in [-0.3, -0.25) is 14.8 Å². The number of nitrogens with zero attached hydrogens (tertiary/aromatic N) is 3. The summed E-state index contributed by atoms with van der Waals surface area (Å²) < 4.78 is 1.67. The third-order valence-corrected chi connectivity index (χ3v) is 2.45. The number of hydrogen-bond donors (Lipinski definition) is 0. The van der Waals surface area contributed by atoms with Gasteiger partial charge in [-0.25, -0.2) is 0 Å². The molecule has 5 nitrogen and oxygen atoms in total. The van der Waals surface area contributed by atoms with E-state index in [1.54, 1.807) is 23.0 Å². The summed E-state index contributed by atoms with van der Waals surface area (Å²) in [5.74, 6) is 0. The fraction of sp³-hybridized carbons (Fsp3) is 0.182. The Kier molecular flexibility index (Phi) is 2.44. The number of hydrogen-bond acceptors (Lipinski definition) is 3. The van der Waals surface area contributed by atoms with Crippen LogP contribution in [0.4, 0.5) is 5.69 Å². The van der Waals surface area contributed by atoms with Crippen LogP contribution in [0.15, 0.2) is 30.6 Å². The van der Waals surface area contributed by atoms with Crippen molar-refractivity contribution < 1.29 is 4.92 Å². The zero-order chi connectivity index (χ0) is 11.7. The van der Waals surface area contributed by atoms with Crippen LogP contribution < -0.4 is 0 Å². The lowest BCUT2D eigenvalue weighted by Gasteiger charge is -2.02. The highest BCUT2D eigenvalue weighted by Crippen LogP contribution is 2.26. The van der Waals surface area contributed by atoms with Gasteiger partial charge in [0, 0.05) is 30.9 Å². The summed E-state index contributed by atoms with van der Waals surface area (Å²) in [4.78, 5) is 10.3. The second kappa shape index (κ2) is 3.77. The normalized spacial score (nSPS) is 10.4. The van der Waals surface area contributed by atoms with Gasteiger partial charge in [-0.15, -0.1) is 0 Å². The second-order valence-corrected chi connectivity index (χ2v) is 3.66. The summed E-state index contributed by atoms with van der Waals surface area (Å²) in [5, 5.41) is 14.7. The van der Waals surface area contributed by atoms with E-state index in [4.69, 9.17) is 0 Å². The van der Waals surface area contributed by atoms with Gasteiger partial charge in [0.2, 0.25) is 0 Å². The maximum Gasteiger partial charge on any atom is 0.270 e. The minimum atomic E-state index is -0.390. The van der Waals surface area contributed by atoms with Crippen LogP contribution in [-0.4, -0.2) is 14.7 Å². The van der Waals surface area contributed by atoms with E-state index in [1.807, 2.05) is 20.2 Å². The lowest BCUT2D eigenvalue weighted by molar-refractivity contribution is -0.384. The Balaban J connectivity index is 2.55. The standard InChI is InChI=1S/C11H11N3O2/c1-8-3-4-10(14(15)16)5-11(8)9-6-12-13(2)7-9/h3-7H,1-2H3. The summed E-state index contributed by atoms with van der Waals surface area (Å²) in [6.45, 7) is 1.92.